The number of hydrogen-bond donors (Lipinski definition) is 2. The number of carbonyl (C=O) groups is 1. The molecular weight excluding hydrogens is 224 g/mol. The van der Waals surface area contributed by atoms with Gasteiger partial charge in [0.25, 0.3) is 0 Å². The lowest BCUT2D eigenvalue weighted by molar-refractivity contribution is 0.0702. The van der Waals surface area contributed by atoms with Crippen molar-refractivity contribution in [2.45, 2.75) is 39.2 Å². The standard InChI is InChI=1S/C11H16N2O2S/c1-11(2)5-3-4-8(11)13-10-12-6-7(16-10)9(14)15/h6,8H,3-5H2,1-2H3,(H,12,13)(H,14,15). The first-order chi connectivity index (χ1) is 7.49. The molecule has 1 aliphatic carbocycles. The predicted molar refractivity (Wildman–Crippen MR) is 64.1 cm³/mol. The highest BCUT2D eigenvalue weighted by Crippen LogP contribution is 2.39. The summed E-state index contributed by atoms with van der Waals surface area (Å²) in [5.41, 5.74) is 0.273. The number of carboxylic acids is 1. The van der Waals surface area contributed by atoms with Crippen molar-refractivity contribution < 1.29 is 9.90 Å². The summed E-state index contributed by atoms with van der Waals surface area (Å²) in [6.45, 7) is 4.48. The Hall–Kier alpha value is -1.10. The van der Waals surface area contributed by atoms with Crippen molar-refractivity contribution in [3.63, 3.8) is 0 Å². The maximum atomic E-state index is 10.7. The second kappa shape index (κ2) is 4.05. The van der Waals surface area contributed by atoms with Gasteiger partial charge in [-0.05, 0) is 18.3 Å². The Morgan fingerprint density at radius 3 is 2.94 bits per heavy atom. The summed E-state index contributed by atoms with van der Waals surface area (Å²) in [6.07, 6.45) is 4.98. The lowest BCUT2D eigenvalue weighted by Gasteiger charge is -2.27. The Morgan fingerprint density at radius 1 is 1.69 bits per heavy atom. The minimum absolute atomic E-state index is 0.273. The maximum Gasteiger partial charge on any atom is 0.347 e. The van der Waals surface area contributed by atoms with Gasteiger partial charge in [0.15, 0.2) is 5.13 Å². The summed E-state index contributed by atoms with van der Waals surface area (Å²) in [4.78, 5) is 15.1. The van der Waals surface area contributed by atoms with Crippen LogP contribution in [0, 0.1) is 5.41 Å². The van der Waals surface area contributed by atoms with E-state index in [1.54, 1.807) is 0 Å². The number of nitrogens with zero attached hydrogens (tertiary/aromatic N) is 1. The first-order valence-corrected chi connectivity index (χ1v) is 6.26. The molecule has 2 rings (SSSR count). The van der Waals surface area contributed by atoms with Crippen LogP contribution in [0.15, 0.2) is 6.20 Å². The van der Waals surface area contributed by atoms with Crippen molar-refractivity contribution in [2.24, 2.45) is 5.41 Å². The Labute approximate surface area is 98.7 Å². The summed E-state index contributed by atoms with van der Waals surface area (Å²) < 4.78 is 0. The van der Waals surface area contributed by atoms with E-state index in [0.717, 1.165) is 11.6 Å². The van der Waals surface area contributed by atoms with Gasteiger partial charge in [-0.25, -0.2) is 9.78 Å². The third-order valence-electron chi connectivity index (χ3n) is 3.27. The fraction of sp³-hybridized carbons (Fsp3) is 0.636. The summed E-state index contributed by atoms with van der Waals surface area (Å²) in [5.74, 6) is -0.906. The number of carboxylic acid groups (broad SMARTS) is 1. The Kier molecular flexibility index (Phi) is 2.88. The van der Waals surface area contributed by atoms with E-state index in [4.69, 9.17) is 5.11 Å². The van der Waals surface area contributed by atoms with Gasteiger partial charge in [0.05, 0.1) is 6.20 Å². The van der Waals surface area contributed by atoms with E-state index < -0.39 is 5.97 Å². The summed E-state index contributed by atoms with van der Waals surface area (Å²) in [5, 5.41) is 12.9. The molecule has 1 aromatic rings. The van der Waals surface area contributed by atoms with Crippen LogP contribution in [0.4, 0.5) is 5.13 Å². The smallest absolute Gasteiger partial charge is 0.347 e. The third kappa shape index (κ3) is 2.19. The molecule has 1 saturated carbocycles. The van der Waals surface area contributed by atoms with E-state index in [2.05, 4.69) is 24.1 Å². The molecule has 2 N–H and O–H groups in total. The zero-order valence-electron chi connectivity index (χ0n) is 9.49. The van der Waals surface area contributed by atoms with Crippen LogP contribution in [0.5, 0.6) is 0 Å². The van der Waals surface area contributed by atoms with Gasteiger partial charge in [-0.2, -0.15) is 0 Å². The van der Waals surface area contributed by atoms with Gasteiger partial charge in [0.2, 0.25) is 0 Å². The van der Waals surface area contributed by atoms with Crippen LogP contribution in [-0.4, -0.2) is 22.1 Å². The first kappa shape index (κ1) is 11.4. The molecule has 1 aromatic heterocycles. The highest BCUT2D eigenvalue weighted by molar-refractivity contribution is 7.17. The average molecular weight is 240 g/mol. The summed E-state index contributed by atoms with van der Waals surface area (Å²) in [7, 11) is 0. The fourth-order valence-electron chi connectivity index (χ4n) is 2.18. The highest BCUT2D eigenvalue weighted by atomic mass is 32.1. The van der Waals surface area contributed by atoms with E-state index in [1.165, 1.54) is 30.4 Å². The van der Waals surface area contributed by atoms with Crippen LogP contribution in [0.25, 0.3) is 0 Å². The molecule has 0 saturated heterocycles. The molecule has 0 amide bonds. The number of aromatic carboxylic acids is 1. The van der Waals surface area contributed by atoms with E-state index >= 15 is 0 Å². The lowest BCUT2D eigenvalue weighted by Crippen LogP contribution is -2.30. The van der Waals surface area contributed by atoms with Gasteiger partial charge in [0.1, 0.15) is 4.88 Å². The Balaban J connectivity index is 2.06. The minimum atomic E-state index is -0.906. The molecule has 0 aliphatic heterocycles. The van der Waals surface area contributed by atoms with Crippen molar-refractivity contribution in [3.05, 3.63) is 11.1 Å². The molecule has 88 valence electrons. The number of thiazole rings is 1. The van der Waals surface area contributed by atoms with E-state index in [0.29, 0.717) is 10.9 Å². The van der Waals surface area contributed by atoms with Gasteiger partial charge in [-0.3, -0.25) is 0 Å². The largest absolute Gasteiger partial charge is 0.477 e. The minimum Gasteiger partial charge on any atom is -0.477 e. The van der Waals surface area contributed by atoms with Crippen molar-refractivity contribution in [3.8, 4) is 0 Å². The molecule has 1 unspecified atom stereocenters. The van der Waals surface area contributed by atoms with Crippen LogP contribution in [0.1, 0.15) is 42.8 Å². The normalized spacial score (nSPS) is 23.2. The zero-order chi connectivity index (χ0) is 11.8. The predicted octanol–water partition coefficient (Wildman–Crippen LogP) is 2.83. The van der Waals surface area contributed by atoms with Crippen molar-refractivity contribution in [2.75, 3.05) is 5.32 Å². The Morgan fingerprint density at radius 2 is 2.44 bits per heavy atom. The molecule has 16 heavy (non-hydrogen) atoms. The van der Waals surface area contributed by atoms with Gasteiger partial charge in [0, 0.05) is 6.04 Å². The average Bonchev–Trinajstić information content (AvgIpc) is 2.75. The van der Waals surface area contributed by atoms with Crippen LogP contribution in [0.3, 0.4) is 0 Å². The van der Waals surface area contributed by atoms with Gasteiger partial charge < -0.3 is 10.4 Å². The quantitative estimate of drug-likeness (QED) is 0.852. The molecule has 5 heteroatoms. The monoisotopic (exact) mass is 240 g/mol. The second-order valence-electron chi connectivity index (χ2n) is 4.91. The van der Waals surface area contributed by atoms with Gasteiger partial charge in [-0.15, -0.1) is 0 Å². The van der Waals surface area contributed by atoms with Crippen molar-refractivity contribution in [1.82, 2.24) is 4.98 Å². The molecular formula is C11H16N2O2S. The summed E-state index contributed by atoms with van der Waals surface area (Å²) in [6, 6.07) is 0.403. The molecule has 1 atom stereocenters. The molecule has 4 nitrogen and oxygen atoms in total. The lowest BCUT2D eigenvalue weighted by atomic mass is 9.87. The molecule has 0 bridgehead atoms. The third-order valence-corrected chi connectivity index (χ3v) is 4.19. The Bertz CT molecular complexity index is 400. The SMILES string of the molecule is CC1(C)CCCC1Nc1ncc(C(=O)O)s1. The van der Waals surface area contributed by atoms with E-state index in [1.807, 2.05) is 0 Å². The molecule has 1 fully saturated rings. The fourth-order valence-corrected chi connectivity index (χ4v) is 2.89. The van der Waals surface area contributed by atoms with Crippen LogP contribution >= 0.6 is 11.3 Å². The molecule has 1 heterocycles. The molecule has 1 aliphatic rings. The zero-order valence-corrected chi connectivity index (χ0v) is 10.3. The van der Waals surface area contributed by atoms with Crippen LogP contribution in [-0.2, 0) is 0 Å². The molecule has 0 aromatic carbocycles. The summed E-state index contributed by atoms with van der Waals surface area (Å²) >= 11 is 1.21. The first-order valence-electron chi connectivity index (χ1n) is 5.45. The number of nitrogens with one attached hydrogen (secondary N) is 1. The second-order valence-corrected chi connectivity index (χ2v) is 5.94. The van der Waals surface area contributed by atoms with Crippen LogP contribution < -0.4 is 5.32 Å². The van der Waals surface area contributed by atoms with Gasteiger partial charge in [-0.1, -0.05) is 31.6 Å². The van der Waals surface area contributed by atoms with Crippen molar-refractivity contribution in [1.29, 1.82) is 0 Å². The number of aromatic nitrogens is 1. The number of anilines is 1. The van der Waals surface area contributed by atoms with Gasteiger partial charge >= 0.3 is 5.97 Å². The van der Waals surface area contributed by atoms with E-state index in [9.17, 15) is 4.79 Å². The van der Waals surface area contributed by atoms with E-state index in [-0.39, 0.29) is 5.41 Å². The van der Waals surface area contributed by atoms with Crippen molar-refractivity contribution >= 4 is 22.4 Å². The highest BCUT2D eigenvalue weighted by Gasteiger charge is 2.34. The van der Waals surface area contributed by atoms with Crippen LogP contribution in [0.2, 0.25) is 0 Å². The number of rotatable bonds is 3. The topological polar surface area (TPSA) is 62.2 Å². The maximum absolute atomic E-state index is 10.7. The number of hydrogen-bond acceptors (Lipinski definition) is 4. The molecule has 0 spiro atoms. The molecule has 0 radical (unpaired) electrons.